The SMILES string of the molecule is CCc1cc(Br)cc(CC)c1NC(=O)COc1ccc(S(=O)(=O)NC(C)C)cc1. The summed E-state index contributed by atoms with van der Waals surface area (Å²) in [7, 11) is -3.56. The zero-order valence-electron chi connectivity index (χ0n) is 17.1. The Morgan fingerprint density at radius 3 is 2.10 bits per heavy atom. The molecule has 0 saturated carbocycles. The van der Waals surface area contributed by atoms with Crippen LogP contribution in [0.15, 0.2) is 45.8 Å². The van der Waals surface area contributed by atoms with Gasteiger partial charge in [-0.2, -0.15) is 0 Å². The number of halogens is 1. The van der Waals surface area contributed by atoms with Crippen molar-refractivity contribution in [2.24, 2.45) is 0 Å². The van der Waals surface area contributed by atoms with Crippen molar-refractivity contribution in [2.45, 2.75) is 51.5 Å². The van der Waals surface area contributed by atoms with Gasteiger partial charge in [0.2, 0.25) is 10.0 Å². The molecule has 158 valence electrons. The number of aryl methyl sites for hydroxylation is 2. The number of anilines is 1. The third kappa shape index (κ3) is 6.55. The quantitative estimate of drug-likeness (QED) is 0.558. The Kier molecular flexibility index (Phi) is 8.24. The summed E-state index contributed by atoms with van der Waals surface area (Å²) in [5.74, 6) is 0.153. The zero-order valence-corrected chi connectivity index (χ0v) is 19.5. The molecule has 2 rings (SSSR count). The first-order chi connectivity index (χ1) is 13.7. The van der Waals surface area contributed by atoms with Gasteiger partial charge in [-0.3, -0.25) is 4.79 Å². The van der Waals surface area contributed by atoms with E-state index in [0.717, 1.165) is 34.1 Å². The van der Waals surface area contributed by atoms with E-state index in [2.05, 4.69) is 26.0 Å². The van der Waals surface area contributed by atoms with E-state index in [1.54, 1.807) is 13.8 Å². The topological polar surface area (TPSA) is 84.5 Å². The van der Waals surface area contributed by atoms with Gasteiger partial charge in [-0.05, 0) is 74.2 Å². The lowest BCUT2D eigenvalue weighted by molar-refractivity contribution is -0.118. The smallest absolute Gasteiger partial charge is 0.262 e. The van der Waals surface area contributed by atoms with Gasteiger partial charge in [0, 0.05) is 16.2 Å². The summed E-state index contributed by atoms with van der Waals surface area (Å²) < 4.78 is 33.3. The van der Waals surface area contributed by atoms with Crippen molar-refractivity contribution < 1.29 is 17.9 Å². The van der Waals surface area contributed by atoms with Crippen molar-refractivity contribution in [3.63, 3.8) is 0 Å². The molecule has 0 aliphatic heterocycles. The molecule has 0 aliphatic rings. The molecule has 0 aromatic heterocycles. The minimum Gasteiger partial charge on any atom is -0.484 e. The first kappa shape index (κ1) is 23.4. The number of rotatable bonds is 9. The molecule has 0 aliphatic carbocycles. The van der Waals surface area contributed by atoms with E-state index in [1.807, 2.05) is 26.0 Å². The second-order valence-corrected chi connectivity index (χ2v) is 9.52. The van der Waals surface area contributed by atoms with E-state index in [4.69, 9.17) is 4.74 Å². The molecule has 2 aromatic rings. The van der Waals surface area contributed by atoms with Crippen molar-refractivity contribution in [1.29, 1.82) is 0 Å². The van der Waals surface area contributed by atoms with Crippen molar-refractivity contribution in [3.05, 3.63) is 52.0 Å². The number of amides is 1. The lowest BCUT2D eigenvalue weighted by Crippen LogP contribution is -2.30. The summed E-state index contributed by atoms with van der Waals surface area (Å²) >= 11 is 3.50. The summed E-state index contributed by atoms with van der Waals surface area (Å²) in [4.78, 5) is 12.6. The van der Waals surface area contributed by atoms with Crippen LogP contribution in [0.25, 0.3) is 0 Å². The molecule has 0 saturated heterocycles. The number of carbonyl (C=O) groups is 1. The number of hydrogen-bond acceptors (Lipinski definition) is 4. The van der Waals surface area contributed by atoms with Crippen molar-refractivity contribution in [2.75, 3.05) is 11.9 Å². The van der Waals surface area contributed by atoms with Gasteiger partial charge in [0.05, 0.1) is 4.90 Å². The zero-order chi connectivity index (χ0) is 21.6. The number of hydrogen-bond donors (Lipinski definition) is 2. The predicted octanol–water partition coefficient (Wildman–Crippen LogP) is 4.28. The van der Waals surface area contributed by atoms with Crippen LogP contribution < -0.4 is 14.8 Å². The molecule has 0 radical (unpaired) electrons. The first-order valence-corrected chi connectivity index (χ1v) is 11.8. The summed E-state index contributed by atoms with van der Waals surface area (Å²) in [5, 5.41) is 2.95. The van der Waals surface area contributed by atoms with Crippen LogP contribution in [-0.4, -0.2) is 27.0 Å². The fraction of sp³-hybridized carbons (Fsp3) is 0.381. The fourth-order valence-electron chi connectivity index (χ4n) is 2.86. The number of nitrogens with one attached hydrogen (secondary N) is 2. The standard InChI is InChI=1S/C21H27BrN2O4S/c1-5-15-11-17(22)12-16(6-2)21(15)23-20(25)13-28-18-7-9-19(10-8-18)29(26,27)24-14(3)4/h7-12,14,24H,5-6,13H2,1-4H3,(H,23,25). The Balaban J connectivity index is 2.03. The van der Waals surface area contributed by atoms with E-state index >= 15 is 0 Å². The molecule has 0 bridgehead atoms. The van der Waals surface area contributed by atoms with E-state index in [-0.39, 0.29) is 23.5 Å². The molecule has 6 nitrogen and oxygen atoms in total. The maximum absolute atomic E-state index is 12.4. The minimum absolute atomic E-state index is 0.151. The maximum atomic E-state index is 12.4. The van der Waals surface area contributed by atoms with Crippen LogP contribution in [0.5, 0.6) is 5.75 Å². The molecule has 2 aromatic carbocycles. The molecule has 0 unspecified atom stereocenters. The van der Waals surface area contributed by atoms with Crippen LogP contribution in [-0.2, 0) is 27.7 Å². The molecule has 0 atom stereocenters. The molecule has 2 N–H and O–H groups in total. The molecule has 0 heterocycles. The Bertz CT molecular complexity index is 932. The summed E-state index contributed by atoms with van der Waals surface area (Å²) in [6.45, 7) is 7.42. The number of ether oxygens (including phenoxy) is 1. The van der Waals surface area contributed by atoms with Gasteiger partial charge >= 0.3 is 0 Å². The van der Waals surface area contributed by atoms with Gasteiger partial charge in [0.15, 0.2) is 6.61 Å². The lowest BCUT2D eigenvalue weighted by atomic mass is 10.0. The molecule has 29 heavy (non-hydrogen) atoms. The normalized spacial score (nSPS) is 11.5. The van der Waals surface area contributed by atoms with Gasteiger partial charge in [0.25, 0.3) is 5.91 Å². The number of carbonyl (C=O) groups excluding carboxylic acids is 1. The molecule has 1 amide bonds. The van der Waals surface area contributed by atoms with E-state index in [9.17, 15) is 13.2 Å². The molecule has 0 spiro atoms. The summed E-state index contributed by atoms with van der Waals surface area (Å²) in [6, 6.07) is 9.79. The van der Waals surface area contributed by atoms with Crippen LogP contribution >= 0.6 is 15.9 Å². The van der Waals surface area contributed by atoms with E-state index in [1.165, 1.54) is 24.3 Å². The van der Waals surface area contributed by atoms with Crippen LogP contribution in [0.4, 0.5) is 5.69 Å². The van der Waals surface area contributed by atoms with E-state index in [0.29, 0.717) is 5.75 Å². The second kappa shape index (κ2) is 10.2. The van der Waals surface area contributed by atoms with Crippen LogP contribution in [0.1, 0.15) is 38.8 Å². The molecule has 0 fully saturated rings. The highest BCUT2D eigenvalue weighted by Gasteiger charge is 2.16. The van der Waals surface area contributed by atoms with Gasteiger partial charge in [-0.15, -0.1) is 0 Å². The predicted molar refractivity (Wildman–Crippen MR) is 119 cm³/mol. The van der Waals surface area contributed by atoms with Gasteiger partial charge in [0.1, 0.15) is 5.75 Å². The fourth-order valence-corrected chi connectivity index (χ4v) is 4.66. The van der Waals surface area contributed by atoms with Gasteiger partial charge in [-0.1, -0.05) is 29.8 Å². The Labute approximate surface area is 181 Å². The summed E-state index contributed by atoms with van der Waals surface area (Å²) in [6.07, 6.45) is 1.59. The van der Waals surface area contributed by atoms with Crippen molar-refractivity contribution in [1.82, 2.24) is 4.72 Å². The molecular weight excluding hydrogens is 456 g/mol. The highest BCUT2D eigenvalue weighted by atomic mass is 79.9. The molecule has 8 heteroatoms. The van der Waals surface area contributed by atoms with Crippen LogP contribution in [0.2, 0.25) is 0 Å². The number of benzene rings is 2. The Morgan fingerprint density at radius 1 is 1.07 bits per heavy atom. The van der Waals surface area contributed by atoms with E-state index < -0.39 is 10.0 Å². The van der Waals surface area contributed by atoms with Gasteiger partial charge < -0.3 is 10.1 Å². The highest BCUT2D eigenvalue weighted by molar-refractivity contribution is 9.10. The number of sulfonamides is 1. The monoisotopic (exact) mass is 482 g/mol. The lowest BCUT2D eigenvalue weighted by Gasteiger charge is -2.16. The van der Waals surface area contributed by atoms with Crippen molar-refractivity contribution in [3.8, 4) is 5.75 Å². The van der Waals surface area contributed by atoms with Crippen molar-refractivity contribution >= 4 is 37.5 Å². The van der Waals surface area contributed by atoms with Gasteiger partial charge in [-0.25, -0.2) is 13.1 Å². The molecular formula is C21H27BrN2O4S. The average Bonchev–Trinajstić information content (AvgIpc) is 2.66. The largest absolute Gasteiger partial charge is 0.484 e. The van der Waals surface area contributed by atoms with Crippen LogP contribution in [0.3, 0.4) is 0 Å². The maximum Gasteiger partial charge on any atom is 0.262 e. The highest BCUT2D eigenvalue weighted by Crippen LogP contribution is 2.27. The third-order valence-electron chi connectivity index (χ3n) is 4.19. The summed E-state index contributed by atoms with van der Waals surface area (Å²) in [5.41, 5.74) is 2.93. The Morgan fingerprint density at radius 2 is 1.62 bits per heavy atom. The third-order valence-corrected chi connectivity index (χ3v) is 6.32. The Hall–Kier alpha value is -1.90. The van der Waals surface area contributed by atoms with Crippen LogP contribution in [0, 0.1) is 0 Å². The minimum atomic E-state index is -3.56. The first-order valence-electron chi connectivity index (χ1n) is 9.52. The second-order valence-electron chi connectivity index (χ2n) is 6.89. The average molecular weight is 483 g/mol.